The van der Waals surface area contributed by atoms with Gasteiger partial charge in [0.1, 0.15) is 11.6 Å². The van der Waals surface area contributed by atoms with Gasteiger partial charge in [0.15, 0.2) is 0 Å². The minimum atomic E-state index is -3.19. The maximum atomic E-state index is 11.0. The van der Waals surface area contributed by atoms with Gasteiger partial charge in [0, 0.05) is 6.54 Å². The fraction of sp³-hybridized carbons (Fsp3) is 0.429. The minimum Gasteiger partial charge on any atom is -0.382 e. The number of anilines is 2. The fourth-order valence-electron chi connectivity index (χ4n) is 0.882. The van der Waals surface area contributed by atoms with Crippen LogP contribution in [0.1, 0.15) is 0 Å². The first-order valence-electron chi connectivity index (χ1n) is 4.26. The van der Waals surface area contributed by atoms with Gasteiger partial charge >= 0.3 is 0 Å². The van der Waals surface area contributed by atoms with Gasteiger partial charge in [-0.3, -0.25) is 4.98 Å². The van der Waals surface area contributed by atoms with Crippen molar-refractivity contribution in [1.29, 1.82) is 0 Å². The van der Waals surface area contributed by atoms with E-state index < -0.39 is 10.0 Å². The monoisotopic (exact) mass is 231 g/mol. The highest BCUT2D eigenvalue weighted by molar-refractivity contribution is 7.89. The average Bonchev–Trinajstić information content (AvgIpc) is 2.18. The number of rotatable bonds is 5. The van der Waals surface area contributed by atoms with Gasteiger partial charge in [0.25, 0.3) is 0 Å². The first-order chi connectivity index (χ1) is 7.03. The molecule has 0 aliphatic heterocycles. The van der Waals surface area contributed by atoms with Crippen molar-refractivity contribution < 1.29 is 8.42 Å². The predicted octanol–water partition coefficient (Wildman–Crippen LogP) is -0.980. The van der Waals surface area contributed by atoms with Crippen LogP contribution in [0.3, 0.4) is 0 Å². The van der Waals surface area contributed by atoms with Crippen molar-refractivity contribution in [2.45, 2.75) is 0 Å². The van der Waals surface area contributed by atoms with E-state index >= 15 is 0 Å². The van der Waals surface area contributed by atoms with E-state index in [0.29, 0.717) is 5.82 Å². The van der Waals surface area contributed by atoms with E-state index in [-0.39, 0.29) is 18.1 Å². The van der Waals surface area contributed by atoms with Crippen molar-refractivity contribution >= 4 is 21.7 Å². The molecule has 15 heavy (non-hydrogen) atoms. The van der Waals surface area contributed by atoms with Crippen molar-refractivity contribution in [3.05, 3.63) is 12.4 Å². The summed E-state index contributed by atoms with van der Waals surface area (Å²) in [6, 6.07) is 0. The third kappa shape index (κ3) is 4.09. The smallest absolute Gasteiger partial charge is 0.213 e. The lowest BCUT2D eigenvalue weighted by Gasteiger charge is -2.05. The minimum absolute atomic E-state index is 0.0278. The maximum absolute atomic E-state index is 11.0. The molecule has 0 unspecified atom stereocenters. The second kappa shape index (κ2) is 4.89. The van der Waals surface area contributed by atoms with Crippen LogP contribution in [0.5, 0.6) is 0 Å². The van der Waals surface area contributed by atoms with Crippen molar-refractivity contribution in [2.75, 3.05) is 30.4 Å². The van der Waals surface area contributed by atoms with E-state index in [0.717, 1.165) is 0 Å². The summed E-state index contributed by atoms with van der Waals surface area (Å²) < 4.78 is 24.3. The summed E-state index contributed by atoms with van der Waals surface area (Å²) in [5.41, 5.74) is 5.40. The number of aromatic nitrogens is 2. The zero-order valence-electron chi connectivity index (χ0n) is 8.27. The molecule has 0 bridgehead atoms. The molecule has 0 saturated heterocycles. The maximum Gasteiger partial charge on any atom is 0.213 e. The Morgan fingerprint density at radius 1 is 1.47 bits per heavy atom. The molecule has 1 aromatic heterocycles. The van der Waals surface area contributed by atoms with Crippen molar-refractivity contribution in [1.82, 2.24) is 14.7 Å². The van der Waals surface area contributed by atoms with E-state index in [1.165, 1.54) is 19.4 Å². The van der Waals surface area contributed by atoms with E-state index in [1.807, 2.05) is 0 Å². The number of sulfonamides is 1. The molecule has 0 saturated carbocycles. The Labute approximate surface area is 88.2 Å². The van der Waals surface area contributed by atoms with Gasteiger partial charge in [-0.05, 0) is 7.05 Å². The van der Waals surface area contributed by atoms with Crippen LogP contribution in [0.2, 0.25) is 0 Å². The number of nitrogens with two attached hydrogens (primary N) is 1. The molecule has 0 amide bonds. The molecule has 0 aliphatic carbocycles. The molecular formula is C7H13N5O2S. The first kappa shape index (κ1) is 11.7. The highest BCUT2D eigenvalue weighted by Gasteiger charge is 2.05. The molecular weight excluding hydrogens is 218 g/mol. The topological polar surface area (TPSA) is 110 Å². The molecule has 0 spiro atoms. The van der Waals surface area contributed by atoms with Crippen molar-refractivity contribution in [3.63, 3.8) is 0 Å². The molecule has 1 rings (SSSR count). The third-order valence-corrected chi connectivity index (χ3v) is 3.00. The molecule has 8 heteroatoms. The van der Waals surface area contributed by atoms with Crippen LogP contribution in [-0.2, 0) is 10.0 Å². The number of hydrogen-bond donors (Lipinski definition) is 3. The van der Waals surface area contributed by atoms with Gasteiger partial charge in [0.05, 0.1) is 18.1 Å². The summed E-state index contributed by atoms with van der Waals surface area (Å²) >= 11 is 0. The Morgan fingerprint density at radius 2 is 2.20 bits per heavy atom. The van der Waals surface area contributed by atoms with E-state index in [2.05, 4.69) is 20.0 Å². The molecule has 1 heterocycles. The largest absolute Gasteiger partial charge is 0.382 e. The highest BCUT2D eigenvalue weighted by Crippen LogP contribution is 2.01. The molecule has 0 radical (unpaired) electrons. The van der Waals surface area contributed by atoms with E-state index in [1.54, 1.807) is 0 Å². The van der Waals surface area contributed by atoms with E-state index in [9.17, 15) is 8.42 Å². The zero-order valence-corrected chi connectivity index (χ0v) is 9.08. The van der Waals surface area contributed by atoms with Crippen LogP contribution in [0.15, 0.2) is 12.4 Å². The Morgan fingerprint density at radius 3 is 2.80 bits per heavy atom. The highest BCUT2D eigenvalue weighted by atomic mass is 32.2. The average molecular weight is 231 g/mol. The molecule has 84 valence electrons. The molecule has 0 aliphatic rings. The number of nitrogens with one attached hydrogen (secondary N) is 2. The molecule has 0 fully saturated rings. The molecule has 4 N–H and O–H groups in total. The normalized spacial score (nSPS) is 11.3. The standard InChI is InChI=1S/C7H13N5O2S/c1-9-15(13,14)3-2-11-7-5-10-4-6(8)12-7/h4-5,9H,2-3H2,1H3,(H3,8,11,12). The van der Waals surface area contributed by atoms with Crippen LogP contribution >= 0.6 is 0 Å². The van der Waals surface area contributed by atoms with Gasteiger partial charge in [-0.1, -0.05) is 0 Å². The Bertz CT molecular complexity index is 419. The number of nitrogens with zero attached hydrogens (tertiary/aromatic N) is 2. The lowest BCUT2D eigenvalue weighted by Crippen LogP contribution is -2.26. The predicted molar refractivity (Wildman–Crippen MR) is 57.8 cm³/mol. The quantitative estimate of drug-likeness (QED) is 0.601. The Hall–Kier alpha value is -1.41. The van der Waals surface area contributed by atoms with Gasteiger partial charge in [-0.25, -0.2) is 18.1 Å². The van der Waals surface area contributed by atoms with Crippen LogP contribution in [0, 0.1) is 0 Å². The molecule has 1 aromatic rings. The summed E-state index contributed by atoms with van der Waals surface area (Å²) in [4.78, 5) is 7.71. The van der Waals surface area contributed by atoms with E-state index in [4.69, 9.17) is 5.73 Å². The third-order valence-electron chi connectivity index (χ3n) is 1.64. The molecule has 7 nitrogen and oxygen atoms in total. The Kier molecular flexibility index (Phi) is 3.81. The second-order valence-electron chi connectivity index (χ2n) is 2.78. The second-order valence-corrected chi connectivity index (χ2v) is 4.82. The summed E-state index contributed by atoms with van der Waals surface area (Å²) in [5.74, 6) is 0.720. The number of nitrogen functional groups attached to an aromatic ring is 1. The zero-order chi connectivity index (χ0) is 11.3. The molecule has 0 aromatic carbocycles. The lowest BCUT2D eigenvalue weighted by molar-refractivity contribution is 0.588. The summed E-state index contributed by atoms with van der Waals surface area (Å²) in [6.45, 7) is 0.251. The van der Waals surface area contributed by atoms with Crippen molar-refractivity contribution in [2.24, 2.45) is 0 Å². The van der Waals surface area contributed by atoms with Gasteiger partial charge in [-0.15, -0.1) is 0 Å². The van der Waals surface area contributed by atoms with Gasteiger partial charge < -0.3 is 11.1 Å². The van der Waals surface area contributed by atoms with Crippen LogP contribution in [-0.4, -0.2) is 37.7 Å². The van der Waals surface area contributed by atoms with Crippen LogP contribution in [0.25, 0.3) is 0 Å². The van der Waals surface area contributed by atoms with Crippen molar-refractivity contribution in [3.8, 4) is 0 Å². The van der Waals surface area contributed by atoms with Crippen LogP contribution in [0.4, 0.5) is 11.6 Å². The summed E-state index contributed by atoms with van der Waals surface area (Å²) in [6.07, 6.45) is 2.89. The summed E-state index contributed by atoms with van der Waals surface area (Å²) in [5, 5.41) is 2.80. The first-order valence-corrected chi connectivity index (χ1v) is 5.91. The summed E-state index contributed by atoms with van der Waals surface area (Å²) in [7, 11) is -1.82. The van der Waals surface area contributed by atoms with Gasteiger partial charge in [0.2, 0.25) is 10.0 Å². The number of hydrogen-bond acceptors (Lipinski definition) is 6. The fourth-order valence-corrected chi connectivity index (χ4v) is 1.46. The lowest BCUT2D eigenvalue weighted by atomic mass is 10.6. The van der Waals surface area contributed by atoms with Crippen LogP contribution < -0.4 is 15.8 Å². The Balaban J connectivity index is 2.45. The van der Waals surface area contributed by atoms with Gasteiger partial charge in [-0.2, -0.15) is 0 Å². The molecule has 0 atom stereocenters. The SMILES string of the molecule is CNS(=O)(=O)CCNc1cncc(N)n1.